The summed E-state index contributed by atoms with van der Waals surface area (Å²) in [5.41, 5.74) is 1.60. The van der Waals surface area contributed by atoms with Gasteiger partial charge in [0.1, 0.15) is 29.6 Å². The third kappa shape index (κ3) is 8.81. The molecule has 2 heterocycles. The first kappa shape index (κ1) is 36.0. The van der Waals surface area contributed by atoms with Gasteiger partial charge in [0, 0.05) is 50.8 Å². The van der Waals surface area contributed by atoms with Crippen LogP contribution in [-0.2, 0) is 29.1 Å². The molecule has 2 aliphatic heterocycles. The first-order valence-corrected chi connectivity index (χ1v) is 16.2. The van der Waals surface area contributed by atoms with Gasteiger partial charge in [-0.15, -0.1) is 6.58 Å². The van der Waals surface area contributed by atoms with Crippen LogP contribution in [0.4, 0.5) is 18.4 Å². The maximum absolute atomic E-state index is 14.9. The van der Waals surface area contributed by atoms with E-state index in [1.807, 2.05) is 49.3 Å². The molecule has 2 fully saturated rings. The van der Waals surface area contributed by atoms with E-state index < -0.39 is 41.9 Å². The van der Waals surface area contributed by atoms with E-state index in [9.17, 15) is 28.0 Å². The van der Waals surface area contributed by atoms with Gasteiger partial charge in [-0.2, -0.15) is 0 Å². The number of rotatable bonds is 12. The number of urea groups is 1. The van der Waals surface area contributed by atoms with Crippen LogP contribution in [0, 0.1) is 11.6 Å². The summed E-state index contributed by atoms with van der Waals surface area (Å²) in [7, 11) is 3.77. The fraction of sp³-hybridized carbons (Fsp3) is 0.333. The predicted molar refractivity (Wildman–Crippen MR) is 181 cm³/mol. The van der Waals surface area contributed by atoms with E-state index in [4.69, 9.17) is 4.74 Å². The Morgan fingerprint density at radius 3 is 2.42 bits per heavy atom. The predicted octanol–water partition coefficient (Wildman–Crippen LogP) is 3.35. The third-order valence-corrected chi connectivity index (χ3v) is 8.43. The summed E-state index contributed by atoms with van der Waals surface area (Å²) in [5.74, 6) is -2.11. The summed E-state index contributed by atoms with van der Waals surface area (Å²) >= 11 is 0. The van der Waals surface area contributed by atoms with Crippen molar-refractivity contribution in [1.29, 1.82) is 0 Å². The van der Waals surface area contributed by atoms with Crippen molar-refractivity contribution in [3.8, 4) is 5.75 Å². The van der Waals surface area contributed by atoms with Crippen LogP contribution in [0.5, 0.6) is 5.75 Å². The number of nitrogens with zero attached hydrogens (tertiary/aromatic N) is 5. The van der Waals surface area contributed by atoms with Gasteiger partial charge in [0.25, 0.3) is 0 Å². The molecule has 14 heteroatoms. The van der Waals surface area contributed by atoms with Crippen molar-refractivity contribution in [3.05, 3.63) is 114 Å². The summed E-state index contributed by atoms with van der Waals surface area (Å²) in [6.07, 6.45) is 0.0671. The topological polar surface area (TPSA) is 118 Å². The molecule has 50 heavy (non-hydrogen) atoms. The number of amides is 5. The maximum atomic E-state index is 14.9. The monoisotopic (exact) mass is 689 g/mol. The van der Waals surface area contributed by atoms with Crippen LogP contribution in [0.2, 0.25) is 0 Å². The molecule has 0 radical (unpaired) electrons. The van der Waals surface area contributed by atoms with Gasteiger partial charge < -0.3 is 30.1 Å². The van der Waals surface area contributed by atoms with Gasteiger partial charge in [0.2, 0.25) is 11.8 Å². The van der Waals surface area contributed by atoms with Crippen LogP contribution in [0.1, 0.15) is 16.7 Å². The van der Waals surface area contributed by atoms with Gasteiger partial charge in [-0.3, -0.25) is 9.59 Å². The van der Waals surface area contributed by atoms with Crippen molar-refractivity contribution in [3.63, 3.8) is 0 Å². The molecular formula is C36H41F2N7O5. The number of likely N-dealkylation sites (N-methyl/N-ethyl adjacent to an activating group) is 1. The van der Waals surface area contributed by atoms with E-state index in [0.29, 0.717) is 18.7 Å². The highest BCUT2D eigenvalue weighted by Gasteiger charge is 2.51. The van der Waals surface area contributed by atoms with Crippen molar-refractivity contribution < 1.29 is 32.7 Å². The number of hydrogen-bond donors (Lipinski definition) is 2. The lowest BCUT2D eigenvalue weighted by atomic mass is 9.98. The molecule has 0 aliphatic carbocycles. The zero-order valence-electron chi connectivity index (χ0n) is 28.1. The molecule has 0 bridgehead atoms. The number of carbonyl (C=O) groups excluding carboxylic acids is 4. The molecule has 2 N–H and O–H groups in total. The summed E-state index contributed by atoms with van der Waals surface area (Å²) in [6.45, 7) is 4.70. The largest absolute Gasteiger partial charge is 0.412 e. The quantitative estimate of drug-likeness (QED) is 0.280. The van der Waals surface area contributed by atoms with Crippen LogP contribution in [0.15, 0.2) is 85.5 Å². The van der Waals surface area contributed by atoms with Crippen molar-refractivity contribution in [2.24, 2.45) is 0 Å². The van der Waals surface area contributed by atoms with Crippen molar-refractivity contribution in [1.82, 2.24) is 35.4 Å². The molecule has 2 atom stereocenters. The Balaban J connectivity index is 1.42. The fourth-order valence-corrected chi connectivity index (χ4v) is 6.00. The SMILES string of the molecule is C=CCN1CC(=O)N2C(Cc3ccc(OC(=O)NCCN(C)C)cc3)C(=O)N(Cc3ccc(F)cc3F)CC2N1C(=O)NCc1ccccc1. The molecule has 2 saturated heterocycles. The average molecular weight is 690 g/mol. The number of piperazine rings is 1. The van der Waals surface area contributed by atoms with Crippen LogP contribution in [0.3, 0.4) is 0 Å². The van der Waals surface area contributed by atoms with Crippen LogP contribution >= 0.6 is 0 Å². The summed E-state index contributed by atoms with van der Waals surface area (Å²) in [5, 5.41) is 8.58. The van der Waals surface area contributed by atoms with Gasteiger partial charge in [-0.1, -0.05) is 54.6 Å². The molecule has 5 amide bonds. The third-order valence-electron chi connectivity index (χ3n) is 8.43. The molecule has 2 aliphatic rings. The first-order valence-electron chi connectivity index (χ1n) is 16.2. The lowest BCUT2D eigenvalue weighted by Crippen LogP contribution is -2.76. The fourth-order valence-electron chi connectivity index (χ4n) is 6.00. The van der Waals surface area contributed by atoms with Crippen LogP contribution in [0.25, 0.3) is 0 Å². The summed E-state index contributed by atoms with van der Waals surface area (Å²) < 4.78 is 34.0. The second-order valence-corrected chi connectivity index (χ2v) is 12.3. The van der Waals surface area contributed by atoms with Gasteiger partial charge in [0.15, 0.2) is 0 Å². The number of hydrogen-bond acceptors (Lipinski definition) is 7. The Morgan fingerprint density at radius 1 is 1.00 bits per heavy atom. The number of fused-ring (bicyclic) bond motifs is 1. The van der Waals surface area contributed by atoms with Gasteiger partial charge in [-0.05, 0) is 43.4 Å². The van der Waals surface area contributed by atoms with E-state index in [1.165, 1.54) is 20.9 Å². The molecule has 0 aromatic heterocycles. The summed E-state index contributed by atoms with van der Waals surface area (Å²) in [6, 6.07) is 17.4. The number of hydrazine groups is 1. The minimum absolute atomic E-state index is 0.0553. The Labute approximate surface area is 289 Å². The molecule has 2 unspecified atom stereocenters. The van der Waals surface area contributed by atoms with Crippen molar-refractivity contribution in [2.75, 3.05) is 46.8 Å². The Hall–Kier alpha value is -5.34. The normalized spacial score (nSPS) is 17.8. The Bertz CT molecular complexity index is 1690. The minimum atomic E-state index is -1.07. The number of nitrogens with one attached hydrogen (secondary N) is 2. The van der Waals surface area contributed by atoms with Gasteiger partial charge in [0.05, 0.1) is 13.1 Å². The van der Waals surface area contributed by atoms with Crippen molar-refractivity contribution in [2.45, 2.75) is 31.7 Å². The first-order chi connectivity index (χ1) is 24.0. The molecule has 0 spiro atoms. The molecule has 12 nitrogen and oxygen atoms in total. The molecule has 264 valence electrons. The van der Waals surface area contributed by atoms with Gasteiger partial charge >= 0.3 is 12.1 Å². The van der Waals surface area contributed by atoms with Gasteiger partial charge in [-0.25, -0.2) is 28.4 Å². The molecule has 3 aromatic carbocycles. The lowest BCUT2D eigenvalue weighted by molar-refractivity contribution is -0.189. The zero-order valence-corrected chi connectivity index (χ0v) is 28.1. The highest BCUT2D eigenvalue weighted by Crippen LogP contribution is 2.30. The number of benzene rings is 3. The van der Waals surface area contributed by atoms with E-state index >= 15 is 0 Å². The van der Waals surface area contributed by atoms with Crippen molar-refractivity contribution >= 4 is 23.9 Å². The average Bonchev–Trinajstić information content (AvgIpc) is 3.08. The molecule has 5 rings (SSSR count). The molecular weight excluding hydrogens is 648 g/mol. The van der Waals surface area contributed by atoms with Crippen LogP contribution in [-0.4, -0.2) is 108 Å². The second kappa shape index (κ2) is 16.4. The van der Waals surface area contributed by atoms with E-state index in [1.54, 1.807) is 35.4 Å². The summed E-state index contributed by atoms with van der Waals surface area (Å²) in [4.78, 5) is 58.8. The smallest absolute Gasteiger partial charge is 0.410 e. The molecule has 0 saturated carbocycles. The standard InChI is InChI=1S/C36H41F2N7O5/c1-4-17-43-24-33(46)44-31(19-25-10-14-29(15-11-25)50-36(49)39-16-18-41(2)3)34(47)42(22-27-12-13-28(37)20-30(27)38)23-32(44)45(43)35(48)40-21-26-8-6-5-7-9-26/h4-15,20,31-32H,1,16-19,21-24H2,2-3H3,(H,39,49)(H,40,48). The highest BCUT2D eigenvalue weighted by atomic mass is 19.1. The number of carbonyl (C=O) groups is 4. The maximum Gasteiger partial charge on any atom is 0.412 e. The number of halogens is 2. The minimum Gasteiger partial charge on any atom is -0.410 e. The lowest BCUT2D eigenvalue weighted by Gasteiger charge is -2.55. The Morgan fingerprint density at radius 2 is 1.74 bits per heavy atom. The highest BCUT2D eigenvalue weighted by molar-refractivity contribution is 5.91. The molecule has 3 aromatic rings. The number of ether oxygens (including phenoxy) is 1. The van der Waals surface area contributed by atoms with E-state index in [2.05, 4.69) is 17.2 Å². The van der Waals surface area contributed by atoms with E-state index in [-0.39, 0.29) is 56.4 Å². The Kier molecular flexibility index (Phi) is 11.8. The van der Waals surface area contributed by atoms with Crippen LogP contribution < -0.4 is 15.4 Å². The van der Waals surface area contributed by atoms with E-state index in [0.717, 1.165) is 17.7 Å². The second-order valence-electron chi connectivity index (χ2n) is 12.3. The zero-order chi connectivity index (χ0) is 35.8.